The van der Waals surface area contributed by atoms with E-state index in [1.54, 1.807) is 17.0 Å². The van der Waals surface area contributed by atoms with Gasteiger partial charge in [0.25, 0.3) is 5.91 Å². The lowest BCUT2D eigenvalue weighted by molar-refractivity contribution is 0.0303. The molecule has 2 heterocycles. The molecule has 0 radical (unpaired) electrons. The topological polar surface area (TPSA) is 68.5 Å². The average Bonchev–Trinajstić information content (AvgIpc) is 3.18. The Balaban J connectivity index is 1.53. The van der Waals surface area contributed by atoms with Crippen LogP contribution < -0.4 is 0 Å². The molecule has 1 aliphatic rings. The highest BCUT2D eigenvalue weighted by molar-refractivity contribution is 5.94. The number of morpholine rings is 1. The van der Waals surface area contributed by atoms with E-state index in [-0.39, 0.29) is 5.91 Å². The van der Waals surface area contributed by atoms with E-state index in [2.05, 4.69) is 10.2 Å². The van der Waals surface area contributed by atoms with Crippen LogP contribution in [0.15, 0.2) is 52.9 Å². The molecular formula is C20H19N3O3. The summed E-state index contributed by atoms with van der Waals surface area (Å²) in [4.78, 5) is 14.3. The van der Waals surface area contributed by atoms with E-state index >= 15 is 0 Å². The summed E-state index contributed by atoms with van der Waals surface area (Å²) in [5, 5.41) is 8.26. The number of hydrogen-bond acceptors (Lipinski definition) is 5. The minimum atomic E-state index is 0.0193. The van der Waals surface area contributed by atoms with E-state index in [9.17, 15) is 4.79 Å². The van der Waals surface area contributed by atoms with E-state index < -0.39 is 0 Å². The van der Waals surface area contributed by atoms with Crippen LogP contribution in [-0.2, 0) is 4.74 Å². The molecule has 0 atom stereocenters. The van der Waals surface area contributed by atoms with Crippen LogP contribution in [0, 0.1) is 6.92 Å². The summed E-state index contributed by atoms with van der Waals surface area (Å²) in [5.74, 6) is 0.940. The van der Waals surface area contributed by atoms with Gasteiger partial charge in [-0.1, -0.05) is 17.7 Å². The Bertz CT molecular complexity index is 912. The lowest BCUT2D eigenvalue weighted by Crippen LogP contribution is -2.40. The fraction of sp³-hybridized carbons (Fsp3) is 0.250. The monoisotopic (exact) mass is 349 g/mol. The number of aromatic nitrogens is 2. The van der Waals surface area contributed by atoms with Gasteiger partial charge in [0.1, 0.15) is 0 Å². The predicted octanol–water partition coefficient (Wildman–Crippen LogP) is 3.18. The first-order valence-electron chi connectivity index (χ1n) is 8.59. The fourth-order valence-electron chi connectivity index (χ4n) is 2.94. The molecule has 6 nitrogen and oxygen atoms in total. The quantitative estimate of drug-likeness (QED) is 0.726. The first-order valence-corrected chi connectivity index (χ1v) is 8.59. The molecule has 1 aliphatic heterocycles. The zero-order valence-corrected chi connectivity index (χ0v) is 14.5. The van der Waals surface area contributed by atoms with Gasteiger partial charge in [0.2, 0.25) is 11.8 Å². The highest BCUT2D eigenvalue weighted by Crippen LogP contribution is 2.25. The summed E-state index contributed by atoms with van der Waals surface area (Å²) in [6.45, 7) is 4.46. The molecule has 4 rings (SSSR count). The number of carbonyl (C=O) groups excluding carboxylic acids is 1. The third kappa shape index (κ3) is 3.36. The third-order valence-corrected chi connectivity index (χ3v) is 4.37. The molecule has 0 saturated carbocycles. The van der Waals surface area contributed by atoms with Gasteiger partial charge in [-0.3, -0.25) is 4.79 Å². The minimum absolute atomic E-state index is 0.0193. The Morgan fingerprint density at radius 2 is 1.65 bits per heavy atom. The summed E-state index contributed by atoms with van der Waals surface area (Å²) in [7, 11) is 0. The standard InChI is InChI=1S/C20H19N3O3/c1-14-3-2-4-17(13-14)19-22-21-18(26-19)15-5-7-16(8-6-15)20(24)23-9-11-25-12-10-23/h2-8,13H,9-12H2,1H3. The molecule has 0 spiro atoms. The highest BCUT2D eigenvalue weighted by Gasteiger charge is 2.19. The van der Waals surface area contributed by atoms with Gasteiger partial charge in [-0.25, -0.2) is 0 Å². The van der Waals surface area contributed by atoms with Crippen molar-refractivity contribution in [2.75, 3.05) is 26.3 Å². The summed E-state index contributed by atoms with van der Waals surface area (Å²) >= 11 is 0. The number of hydrogen-bond donors (Lipinski definition) is 0. The van der Waals surface area contributed by atoms with Crippen molar-refractivity contribution in [1.29, 1.82) is 0 Å². The van der Waals surface area contributed by atoms with Crippen molar-refractivity contribution in [3.8, 4) is 22.9 Å². The van der Waals surface area contributed by atoms with Crippen molar-refractivity contribution in [2.24, 2.45) is 0 Å². The summed E-state index contributed by atoms with van der Waals surface area (Å²) < 4.78 is 11.1. The molecule has 0 bridgehead atoms. The van der Waals surface area contributed by atoms with Crippen LogP contribution in [-0.4, -0.2) is 47.3 Å². The Morgan fingerprint density at radius 1 is 0.962 bits per heavy atom. The van der Waals surface area contributed by atoms with Crippen LogP contribution in [0.1, 0.15) is 15.9 Å². The molecule has 26 heavy (non-hydrogen) atoms. The number of ether oxygens (including phenoxy) is 1. The Hall–Kier alpha value is -2.99. The third-order valence-electron chi connectivity index (χ3n) is 4.37. The molecule has 0 aliphatic carbocycles. The summed E-state index contributed by atoms with van der Waals surface area (Å²) in [6, 6.07) is 15.2. The van der Waals surface area contributed by atoms with Crippen molar-refractivity contribution in [3.05, 3.63) is 59.7 Å². The maximum atomic E-state index is 12.5. The molecule has 0 N–H and O–H groups in total. The van der Waals surface area contributed by atoms with Crippen LogP contribution in [0.4, 0.5) is 0 Å². The average molecular weight is 349 g/mol. The second kappa shape index (κ2) is 7.09. The van der Waals surface area contributed by atoms with Crippen LogP contribution in [0.5, 0.6) is 0 Å². The molecule has 1 saturated heterocycles. The van der Waals surface area contributed by atoms with Gasteiger partial charge in [-0.05, 0) is 43.3 Å². The summed E-state index contributed by atoms with van der Waals surface area (Å²) in [6.07, 6.45) is 0. The van der Waals surface area contributed by atoms with Crippen LogP contribution in [0.2, 0.25) is 0 Å². The zero-order chi connectivity index (χ0) is 17.9. The van der Waals surface area contributed by atoms with Gasteiger partial charge in [0.05, 0.1) is 13.2 Å². The first kappa shape index (κ1) is 16.5. The van der Waals surface area contributed by atoms with E-state index in [1.807, 2.05) is 43.3 Å². The van der Waals surface area contributed by atoms with Crippen LogP contribution >= 0.6 is 0 Å². The molecule has 1 aromatic heterocycles. The van der Waals surface area contributed by atoms with Gasteiger partial charge >= 0.3 is 0 Å². The van der Waals surface area contributed by atoms with Crippen molar-refractivity contribution >= 4 is 5.91 Å². The minimum Gasteiger partial charge on any atom is -0.416 e. The van der Waals surface area contributed by atoms with Crippen LogP contribution in [0.3, 0.4) is 0 Å². The van der Waals surface area contributed by atoms with Gasteiger partial charge in [-0.15, -0.1) is 10.2 Å². The maximum absolute atomic E-state index is 12.5. The lowest BCUT2D eigenvalue weighted by atomic mass is 10.1. The van der Waals surface area contributed by atoms with E-state index in [0.29, 0.717) is 43.6 Å². The molecule has 1 amide bonds. The number of carbonyl (C=O) groups is 1. The molecule has 1 fully saturated rings. The lowest BCUT2D eigenvalue weighted by Gasteiger charge is -2.26. The van der Waals surface area contributed by atoms with E-state index in [4.69, 9.17) is 9.15 Å². The van der Waals surface area contributed by atoms with E-state index in [0.717, 1.165) is 16.7 Å². The largest absolute Gasteiger partial charge is 0.416 e. The number of amides is 1. The predicted molar refractivity (Wildman–Crippen MR) is 96.6 cm³/mol. The fourth-order valence-corrected chi connectivity index (χ4v) is 2.94. The van der Waals surface area contributed by atoms with Crippen molar-refractivity contribution < 1.29 is 13.9 Å². The molecule has 3 aromatic rings. The summed E-state index contributed by atoms with van der Waals surface area (Å²) in [5.41, 5.74) is 3.46. The normalized spacial score (nSPS) is 14.4. The highest BCUT2D eigenvalue weighted by atomic mass is 16.5. The molecule has 132 valence electrons. The molecule has 2 aromatic carbocycles. The first-order chi connectivity index (χ1) is 12.7. The number of aryl methyl sites for hydroxylation is 1. The Labute approximate surface area is 151 Å². The maximum Gasteiger partial charge on any atom is 0.254 e. The number of rotatable bonds is 3. The second-order valence-corrected chi connectivity index (χ2v) is 6.26. The van der Waals surface area contributed by atoms with Gasteiger partial charge in [0, 0.05) is 29.8 Å². The Kier molecular flexibility index (Phi) is 4.50. The SMILES string of the molecule is Cc1cccc(-c2nnc(-c3ccc(C(=O)N4CCOCC4)cc3)o2)c1. The second-order valence-electron chi connectivity index (χ2n) is 6.26. The molecule has 0 unspecified atom stereocenters. The van der Waals surface area contributed by atoms with Crippen molar-refractivity contribution in [3.63, 3.8) is 0 Å². The zero-order valence-electron chi connectivity index (χ0n) is 14.5. The van der Waals surface area contributed by atoms with E-state index in [1.165, 1.54) is 0 Å². The van der Waals surface area contributed by atoms with Gasteiger partial charge in [0.15, 0.2) is 0 Å². The van der Waals surface area contributed by atoms with Gasteiger partial charge in [-0.2, -0.15) is 0 Å². The van der Waals surface area contributed by atoms with Gasteiger partial charge < -0.3 is 14.1 Å². The number of benzene rings is 2. The molecule has 6 heteroatoms. The smallest absolute Gasteiger partial charge is 0.254 e. The van der Waals surface area contributed by atoms with Crippen molar-refractivity contribution in [2.45, 2.75) is 6.92 Å². The molecular weight excluding hydrogens is 330 g/mol. The number of nitrogens with zero attached hydrogens (tertiary/aromatic N) is 3. The van der Waals surface area contributed by atoms with Crippen molar-refractivity contribution in [1.82, 2.24) is 15.1 Å². The Morgan fingerprint density at radius 3 is 2.35 bits per heavy atom. The van der Waals surface area contributed by atoms with Crippen LogP contribution in [0.25, 0.3) is 22.9 Å².